The van der Waals surface area contributed by atoms with E-state index in [1.807, 2.05) is 0 Å². The number of rotatable bonds is 6. The van der Waals surface area contributed by atoms with Gasteiger partial charge in [-0.3, -0.25) is 0 Å². The molecule has 1 N–H and O–H groups in total. The van der Waals surface area contributed by atoms with Gasteiger partial charge in [-0.2, -0.15) is 0 Å². The maximum Gasteiger partial charge on any atom is 0.208 e. The molecule has 112 valence electrons. The summed E-state index contributed by atoms with van der Waals surface area (Å²) >= 11 is 1.56. The van der Waals surface area contributed by atoms with Crippen LogP contribution in [-0.4, -0.2) is 34.5 Å². The summed E-state index contributed by atoms with van der Waals surface area (Å²) in [5.41, 5.74) is 1.02. The molecule has 4 nitrogen and oxygen atoms in total. The molecule has 3 rings (SSSR count). The van der Waals surface area contributed by atoms with Crippen LogP contribution < -0.4 is 4.90 Å². The largest absolute Gasteiger partial charge is 0.395 e. The summed E-state index contributed by atoms with van der Waals surface area (Å²) in [5.74, 6) is -0.226. The molecule has 1 heterocycles. The van der Waals surface area contributed by atoms with E-state index < -0.39 is 0 Å². The van der Waals surface area contributed by atoms with E-state index in [0.29, 0.717) is 19.0 Å². The van der Waals surface area contributed by atoms with Crippen molar-refractivity contribution in [1.82, 2.24) is 10.2 Å². The van der Waals surface area contributed by atoms with Crippen molar-refractivity contribution in [3.63, 3.8) is 0 Å². The van der Waals surface area contributed by atoms with Gasteiger partial charge < -0.3 is 10.0 Å². The van der Waals surface area contributed by atoms with Gasteiger partial charge in [-0.25, -0.2) is 4.39 Å². The van der Waals surface area contributed by atoms with Crippen LogP contribution in [0.25, 0.3) is 0 Å². The highest BCUT2D eigenvalue weighted by Crippen LogP contribution is 2.31. The van der Waals surface area contributed by atoms with Gasteiger partial charge in [0, 0.05) is 19.0 Å². The molecule has 1 aliphatic rings. The SMILES string of the molecule is OCCN(c1nnc(Cc2ccc(F)cc2)s1)C1CCC1. The number of aromatic nitrogens is 2. The van der Waals surface area contributed by atoms with E-state index in [1.165, 1.54) is 18.6 Å². The van der Waals surface area contributed by atoms with Crippen LogP contribution in [0.4, 0.5) is 9.52 Å². The fourth-order valence-corrected chi connectivity index (χ4v) is 3.42. The minimum atomic E-state index is -0.226. The van der Waals surface area contributed by atoms with Crippen molar-refractivity contribution in [1.29, 1.82) is 0 Å². The number of aliphatic hydroxyl groups is 1. The first-order chi connectivity index (χ1) is 10.3. The Labute approximate surface area is 127 Å². The lowest BCUT2D eigenvalue weighted by molar-refractivity contribution is 0.283. The fraction of sp³-hybridized carbons (Fsp3) is 0.467. The minimum absolute atomic E-state index is 0.128. The van der Waals surface area contributed by atoms with E-state index in [-0.39, 0.29) is 12.4 Å². The lowest BCUT2D eigenvalue weighted by Crippen LogP contribution is -2.41. The topological polar surface area (TPSA) is 49.2 Å². The molecule has 2 aromatic rings. The highest BCUT2D eigenvalue weighted by Gasteiger charge is 2.27. The highest BCUT2D eigenvalue weighted by molar-refractivity contribution is 7.15. The van der Waals surface area contributed by atoms with Gasteiger partial charge in [0.25, 0.3) is 0 Å². The van der Waals surface area contributed by atoms with Crippen molar-refractivity contribution < 1.29 is 9.50 Å². The van der Waals surface area contributed by atoms with Crippen LogP contribution in [0.3, 0.4) is 0 Å². The maximum absolute atomic E-state index is 12.9. The van der Waals surface area contributed by atoms with Crippen LogP contribution >= 0.6 is 11.3 Å². The summed E-state index contributed by atoms with van der Waals surface area (Å²) < 4.78 is 12.9. The van der Waals surface area contributed by atoms with Crippen molar-refractivity contribution in [2.75, 3.05) is 18.1 Å². The molecule has 1 aromatic carbocycles. The summed E-state index contributed by atoms with van der Waals surface area (Å²) in [6.45, 7) is 0.735. The molecule has 0 amide bonds. The number of aliphatic hydroxyl groups excluding tert-OH is 1. The summed E-state index contributed by atoms with van der Waals surface area (Å²) in [6.07, 6.45) is 4.23. The molecule has 21 heavy (non-hydrogen) atoms. The second-order valence-electron chi connectivity index (χ2n) is 5.28. The van der Waals surface area contributed by atoms with Gasteiger partial charge in [-0.05, 0) is 37.0 Å². The van der Waals surface area contributed by atoms with Crippen LogP contribution in [0, 0.1) is 5.82 Å². The number of hydrogen-bond donors (Lipinski definition) is 1. The Morgan fingerprint density at radius 1 is 1.24 bits per heavy atom. The maximum atomic E-state index is 12.9. The average Bonchev–Trinajstić information content (AvgIpc) is 2.87. The first kappa shape index (κ1) is 14.4. The third-order valence-corrected chi connectivity index (χ3v) is 4.79. The molecular weight excluding hydrogens is 289 g/mol. The Morgan fingerprint density at radius 3 is 2.62 bits per heavy atom. The smallest absolute Gasteiger partial charge is 0.208 e. The van der Waals surface area contributed by atoms with Crippen molar-refractivity contribution in [3.8, 4) is 0 Å². The van der Waals surface area contributed by atoms with E-state index in [2.05, 4.69) is 15.1 Å². The zero-order valence-corrected chi connectivity index (χ0v) is 12.5. The van der Waals surface area contributed by atoms with E-state index in [1.54, 1.807) is 23.5 Å². The molecule has 0 aliphatic heterocycles. The molecule has 0 radical (unpaired) electrons. The molecule has 1 aromatic heterocycles. The Kier molecular flexibility index (Phi) is 4.45. The molecule has 0 atom stereocenters. The molecule has 1 fully saturated rings. The Hall–Kier alpha value is -1.53. The number of nitrogens with zero attached hydrogens (tertiary/aromatic N) is 3. The zero-order chi connectivity index (χ0) is 14.7. The van der Waals surface area contributed by atoms with Gasteiger partial charge in [0.05, 0.1) is 6.61 Å². The predicted molar refractivity (Wildman–Crippen MR) is 81.2 cm³/mol. The van der Waals surface area contributed by atoms with Crippen molar-refractivity contribution >= 4 is 16.5 Å². The van der Waals surface area contributed by atoms with Crippen LogP contribution in [0.5, 0.6) is 0 Å². The fourth-order valence-electron chi connectivity index (χ4n) is 2.45. The molecule has 0 spiro atoms. The van der Waals surface area contributed by atoms with Gasteiger partial charge >= 0.3 is 0 Å². The molecular formula is C15H18FN3OS. The second kappa shape index (κ2) is 6.49. The highest BCUT2D eigenvalue weighted by atomic mass is 32.1. The molecule has 6 heteroatoms. The van der Waals surface area contributed by atoms with E-state index in [4.69, 9.17) is 0 Å². The molecule has 0 unspecified atom stereocenters. The van der Waals surface area contributed by atoms with Gasteiger partial charge in [0.2, 0.25) is 5.13 Å². The Morgan fingerprint density at radius 2 is 2.00 bits per heavy atom. The molecule has 1 saturated carbocycles. The van der Waals surface area contributed by atoms with Crippen LogP contribution in [0.15, 0.2) is 24.3 Å². The van der Waals surface area contributed by atoms with E-state index in [0.717, 1.165) is 28.5 Å². The number of anilines is 1. The lowest BCUT2D eigenvalue weighted by Gasteiger charge is -2.36. The van der Waals surface area contributed by atoms with Crippen molar-refractivity contribution in [3.05, 3.63) is 40.7 Å². The second-order valence-corrected chi connectivity index (χ2v) is 6.32. The van der Waals surface area contributed by atoms with Crippen LogP contribution in [0.1, 0.15) is 29.8 Å². The Balaban J connectivity index is 1.70. The Bertz CT molecular complexity index is 583. The minimum Gasteiger partial charge on any atom is -0.395 e. The molecule has 0 saturated heterocycles. The first-order valence-electron chi connectivity index (χ1n) is 7.20. The van der Waals surface area contributed by atoms with Gasteiger partial charge in [-0.1, -0.05) is 23.5 Å². The molecule has 0 bridgehead atoms. The van der Waals surface area contributed by atoms with Crippen LogP contribution in [-0.2, 0) is 6.42 Å². The summed E-state index contributed by atoms with van der Waals surface area (Å²) in [4.78, 5) is 2.16. The van der Waals surface area contributed by atoms with Gasteiger partial charge in [0.1, 0.15) is 10.8 Å². The normalized spacial score (nSPS) is 15.0. The van der Waals surface area contributed by atoms with Crippen molar-refractivity contribution in [2.24, 2.45) is 0 Å². The quantitative estimate of drug-likeness (QED) is 0.891. The summed E-state index contributed by atoms with van der Waals surface area (Å²) in [6, 6.07) is 6.96. The monoisotopic (exact) mass is 307 g/mol. The zero-order valence-electron chi connectivity index (χ0n) is 11.7. The third kappa shape index (κ3) is 3.39. The third-order valence-electron chi connectivity index (χ3n) is 3.83. The van der Waals surface area contributed by atoms with Crippen LogP contribution in [0.2, 0.25) is 0 Å². The lowest BCUT2D eigenvalue weighted by atomic mass is 9.92. The van der Waals surface area contributed by atoms with E-state index in [9.17, 15) is 9.50 Å². The van der Waals surface area contributed by atoms with E-state index >= 15 is 0 Å². The molecule has 1 aliphatic carbocycles. The number of benzene rings is 1. The summed E-state index contributed by atoms with van der Waals surface area (Å²) in [5, 5.41) is 19.5. The first-order valence-corrected chi connectivity index (χ1v) is 8.02. The number of halogens is 1. The van der Waals surface area contributed by atoms with Crippen molar-refractivity contribution in [2.45, 2.75) is 31.7 Å². The average molecular weight is 307 g/mol. The standard InChI is InChI=1S/C15H18FN3OS/c16-12-6-4-11(5-7-12)10-14-17-18-15(21-14)19(8-9-20)13-2-1-3-13/h4-7,13,20H,1-3,8-10H2. The summed E-state index contributed by atoms with van der Waals surface area (Å²) in [7, 11) is 0. The van der Waals surface area contributed by atoms with Gasteiger partial charge in [-0.15, -0.1) is 10.2 Å². The predicted octanol–water partition coefficient (Wildman–Crippen LogP) is 2.62. The number of hydrogen-bond acceptors (Lipinski definition) is 5. The van der Waals surface area contributed by atoms with Gasteiger partial charge in [0.15, 0.2) is 0 Å².